The first kappa shape index (κ1) is 12.9. The molecule has 0 saturated carbocycles. The highest BCUT2D eigenvalue weighted by Crippen LogP contribution is 2.36. The fourth-order valence-electron chi connectivity index (χ4n) is 1.78. The van der Waals surface area contributed by atoms with Crippen molar-refractivity contribution >= 4 is 0 Å². The number of aromatic hydroxyl groups is 3. The summed E-state index contributed by atoms with van der Waals surface area (Å²) >= 11 is 0. The largest absolute Gasteiger partial charge is 0.504 e. The molecule has 1 atom stereocenters. The highest BCUT2D eigenvalue weighted by Gasteiger charge is 2.15. The molecule has 2 rings (SSSR count). The molecule has 1 fully saturated rings. The van der Waals surface area contributed by atoms with E-state index in [1.54, 1.807) is 6.07 Å². The van der Waals surface area contributed by atoms with Gasteiger partial charge in [0.05, 0.1) is 25.9 Å². The number of benzene rings is 1. The lowest BCUT2D eigenvalue weighted by Crippen LogP contribution is -2.37. The summed E-state index contributed by atoms with van der Waals surface area (Å²) in [6, 6.07) is 2.89. The molecule has 4 N–H and O–H groups in total. The van der Waals surface area contributed by atoms with Crippen LogP contribution in [0.15, 0.2) is 12.1 Å². The Kier molecular flexibility index (Phi) is 4.24. The van der Waals surface area contributed by atoms with Crippen LogP contribution < -0.4 is 5.32 Å². The molecule has 1 unspecified atom stereocenters. The van der Waals surface area contributed by atoms with E-state index in [-0.39, 0.29) is 17.6 Å². The van der Waals surface area contributed by atoms with Crippen LogP contribution in [-0.2, 0) is 16.0 Å². The van der Waals surface area contributed by atoms with E-state index in [1.807, 2.05) is 0 Å². The molecule has 1 aliphatic rings. The molecule has 0 radical (unpaired) electrons. The average Bonchev–Trinajstić information content (AvgIpc) is 2.40. The summed E-state index contributed by atoms with van der Waals surface area (Å²) in [5, 5.41) is 31.3. The van der Waals surface area contributed by atoms with Crippen LogP contribution in [0.1, 0.15) is 5.56 Å². The Morgan fingerprint density at radius 3 is 2.72 bits per heavy atom. The molecule has 0 aromatic heterocycles. The molecule has 1 aromatic carbocycles. The molecule has 0 aliphatic carbocycles. The zero-order valence-corrected chi connectivity index (χ0v) is 9.93. The van der Waals surface area contributed by atoms with Gasteiger partial charge < -0.3 is 30.1 Å². The van der Waals surface area contributed by atoms with Crippen molar-refractivity contribution in [2.75, 3.05) is 26.4 Å². The van der Waals surface area contributed by atoms with E-state index in [4.69, 9.17) is 9.47 Å². The Morgan fingerprint density at radius 1 is 1.17 bits per heavy atom. The molecule has 100 valence electrons. The van der Waals surface area contributed by atoms with Gasteiger partial charge >= 0.3 is 0 Å². The first-order valence-electron chi connectivity index (χ1n) is 5.81. The third kappa shape index (κ3) is 3.04. The maximum atomic E-state index is 9.61. The highest BCUT2D eigenvalue weighted by atomic mass is 16.6. The number of hydrogen-bond donors (Lipinski definition) is 4. The van der Waals surface area contributed by atoms with Crippen LogP contribution >= 0.6 is 0 Å². The molecule has 1 heterocycles. The third-order valence-electron chi connectivity index (χ3n) is 2.79. The second-order valence-electron chi connectivity index (χ2n) is 4.14. The summed E-state index contributed by atoms with van der Waals surface area (Å²) in [6.45, 7) is 2.75. The quantitative estimate of drug-likeness (QED) is 0.579. The lowest BCUT2D eigenvalue weighted by Gasteiger charge is -2.23. The Morgan fingerprint density at radius 2 is 2.00 bits per heavy atom. The fourth-order valence-corrected chi connectivity index (χ4v) is 1.78. The summed E-state index contributed by atoms with van der Waals surface area (Å²) in [5.41, 5.74) is 0.516. The first-order chi connectivity index (χ1) is 8.68. The second kappa shape index (κ2) is 5.90. The van der Waals surface area contributed by atoms with Crippen molar-refractivity contribution in [3.8, 4) is 17.2 Å². The number of nitrogens with one attached hydrogen (secondary N) is 1. The fraction of sp³-hybridized carbons (Fsp3) is 0.500. The van der Waals surface area contributed by atoms with Gasteiger partial charge in [-0.25, -0.2) is 0 Å². The summed E-state index contributed by atoms with van der Waals surface area (Å²) in [4.78, 5) is 0. The standard InChI is InChI=1S/C12H17NO5/c14-10-2-1-8(11(15)12(10)16)5-13-6-9-7-17-3-4-18-9/h1-2,9,13-16H,3-7H2. The lowest BCUT2D eigenvalue weighted by molar-refractivity contribution is -0.0864. The van der Waals surface area contributed by atoms with Crippen molar-refractivity contribution in [3.63, 3.8) is 0 Å². The molecule has 0 bridgehead atoms. The lowest BCUT2D eigenvalue weighted by atomic mass is 10.1. The number of phenolic OH excluding ortho intramolecular Hbond substituents is 3. The molecular weight excluding hydrogens is 238 g/mol. The van der Waals surface area contributed by atoms with Crippen molar-refractivity contribution in [1.29, 1.82) is 0 Å². The number of phenols is 3. The Hall–Kier alpha value is -1.50. The summed E-state index contributed by atoms with van der Waals surface area (Å²) < 4.78 is 10.7. The van der Waals surface area contributed by atoms with E-state index in [0.717, 1.165) is 0 Å². The van der Waals surface area contributed by atoms with Crippen molar-refractivity contribution < 1.29 is 24.8 Å². The van der Waals surface area contributed by atoms with E-state index in [0.29, 0.717) is 38.5 Å². The maximum absolute atomic E-state index is 9.61. The van der Waals surface area contributed by atoms with Gasteiger partial charge in [0.1, 0.15) is 0 Å². The Balaban J connectivity index is 1.84. The molecule has 18 heavy (non-hydrogen) atoms. The van der Waals surface area contributed by atoms with E-state index < -0.39 is 5.75 Å². The van der Waals surface area contributed by atoms with Gasteiger partial charge in [0.2, 0.25) is 5.75 Å². The van der Waals surface area contributed by atoms with Gasteiger partial charge in [0, 0.05) is 18.7 Å². The van der Waals surface area contributed by atoms with Crippen LogP contribution in [-0.4, -0.2) is 47.8 Å². The Labute approximate surface area is 105 Å². The van der Waals surface area contributed by atoms with Crippen LogP contribution in [0.25, 0.3) is 0 Å². The molecule has 6 heteroatoms. The van der Waals surface area contributed by atoms with Gasteiger partial charge in [-0.15, -0.1) is 0 Å². The topological polar surface area (TPSA) is 91.2 Å². The summed E-state index contributed by atoms with van der Waals surface area (Å²) in [7, 11) is 0. The molecule has 1 aliphatic heterocycles. The summed E-state index contributed by atoms with van der Waals surface area (Å²) in [5.74, 6) is -1.13. The summed E-state index contributed by atoms with van der Waals surface area (Å²) in [6.07, 6.45) is 0.00612. The third-order valence-corrected chi connectivity index (χ3v) is 2.79. The van der Waals surface area contributed by atoms with Gasteiger partial charge in [-0.1, -0.05) is 6.07 Å². The smallest absolute Gasteiger partial charge is 0.200 e. The van der Waals surface area contributed by atoms with Gasteiger partial charge in [0.25, 0.3) is 0 Å². The van der Waals surface area contributed by atoms with Crippen LogP contribution in [0.4, 0.5) is 0 Å². The number of rotatable bonds is 4. The minimum absolute atomic E-state index is 0.00612. The Bertz CT molecular complexity index is 404. The SMILES string of the molecule is Oc1ccc(CNCC2COCCO2)c(O)c1O. The molecule has 1 saturated heterocycles. The van der Waals surface area contributed by atoms with Gasteiger partial charge in [-0.05, 0) is 6.07 Å². The van der Waals surface area contributed by atoms with Gasteiger partial charge in [0.15, 0.2) is 11.5 Å². The van der Waals surface area contributed by atoms with Crippen LogP contribution in [0.5, 0.6) is 17.2 Å². The molecular formula is C12H17NO5. The molecule has 6 nitrogen and oxygen atoms in total. The van der Waals surface area contributed by atoms with E-state index in [1.165, 1.54) is 6.07 Å². The van der Waals surface area contributed by atoms with Crippen LogP contribution in [0.2, 0.25) is 0 Å². The van der Waals surface area contributed by atoms with E-state index >= 15 is 0 Å². The van der Waals surface area contributed by atoms with E-state index in [9.17, 15) is 15.3 Å². The maximum Gasteiger partial charge on any atom is 0.200 e. The molecule has 1 aromatic rings. The predicted molar refractivity (Wildman–Crippen MR) is 63.7 cm³/mol. The molecule has 0 spiro atoms. The normalized spacial score (nSPS) is 19.9. The monoisotopic (exact) mass is 255 g/mol. The number of hydrogen-bond acceptors (Lipinski definition) is 6. The zero-order chi connectivity index (χ0) is 13.0. The minimum atomic E-state index is -0.494. The van der Waals surface area contributed by atoms with Crippen LogP contribution in [0.3, 0.4) is 0 Å². The van der Waals surface area contributed by atoms with Crippen molar-refractivity contribution in [2.45, 2.75) is 12.6 Å². The van der Waals surface area contributed by atoms with Crippen molar-refractivity contribution in [1.82, 2.24) is 5.32 Å². The van der Waals surface area contributed by atoms with Gasteiger partial charge in [-0.2, -0.15) is 0 Å². The first-order valence-corrected chi connectivity index (χ1v) is 5.81. The number of ether oxygens (including phenoxy) is 2. The predicted octanol–water partition coefficient (Wildman–Crippen LogP) is 0.308. The zero-order valence-electron chi connectivity index (χ0n) is 9.93. The highest BCUT2D eigenvalue weighted by molar-refractivity contribution is 5.52. The average molecular weight is 255 g/mol. The second-order valence-corrected chi connectivity index (χ2v) is 4.14. The van der Waals surface area contributed by atoms with E-state index in [2.05, 4.69) is 5.32 Å². The minimum Gasteiger partial charge on any atom is -0.504 e. The molecule has 0 amide bonds. The van der Waals surface area contributed by atoms with Crippen molar-refractivity contribution in [3.05, 3.63) is 17.7 Å². The van der Waals surface area contributed by atoms with Crippen LogP contribution in [0, 0.1) is 0 Å². The van der Waals surface area contributed by atoms with Gasteiger partial charge in [-0.3, -0.25) is 0 Å². The van der Waals surface area contributed by atoms with Crippen molar-refractivity contribution in [2.24, 2.45) is 0 Å².